The minimum atomic E-state index is -0.0545. The summed E-state index contributed by atoms with van der Waals surface area (Å²) in [5.74, 6) is 0.732. The molecule has 0 radical (unpaired) electrons. The van der Waals surface area contributed by atoms with E-state index in [9.17, 15) is 4.79 Å². The molecule has 20 heavy (non-hydrogen) atoms. The Morgan fingerprint density at radius 3 is 2.35 bits per heavy atom. The van der Waals surface area contributed by atoms with Gasteiger partial charge in [0.15, 0.2) is 0 Å². The van der Waals surface area contributed by atoms with Crippen LogP contribution in [0.15, 0.2) is 29.1 Å². The van der Waals surface area contributed by atoms with Crippen molar-refractivity contribution in [3.8, 4) is 0 Å². The maximum absolute atomic E-state index is 11.5. The summed E-state index contributed by atoms with van der Waals surface area (Å²) in [6.45, 7) is 0. The molecule has 106 valence electrons. The number of nitrogens with zero attached hydrogens (tertiary/aromatic N) is 1. The lowest BCUT2D eigenvalue weighted by atomic mass is 9.97. The quantitative estimate of drug-likeness (QED) is 0.718. The Bertz CT molecular complexity index is 641. The van der Waals surface area contributed by atoms with Gasteiger partial charge in [-0.25, -0.2) is 0 Å². The maximum atomic E-state index is 11.5. The summed E-state index contributed by atoms with van der Waals surface area (Å²) in [5.41, 5.74) is 2.51. The molecule has 1 aliphatic rings. The Labute approximate surface area is 131 Å². The lowest BCUT2D eigenvalue weighted by Crippen LogP contribution is -2.09. The maximum Gasteiger partial charge on any atom is 0.263 e. The van der Waals surface area contributed by atoms with Crippen molar-refractivity contribution in [1.29, 1.82) is 0 Å². The van der Waals surface area contributed by atoms with Crippen LogP contribution in [-0.4, -0.2) is 7.05 Å². The van der Waals surface area contributed by atoms with E-state index in [1.54, 1.807) is 0 Å². The van der Waals surface area contributed by atoms with Crippen molar-refractivity contribution in [1.82, 2.24) is 0 Å². The van der Waals surface area contributed by atoms with E-state index < -0.39 is 0 Å². The monoisotopic (exact) mass is 325 g/mol. The molecule has 0 saturated heterocycles. The second-order valence-electron chi connectivity index (χ2n) is 5.21. The molecule has 3 rings (SSSR count). The van der Waals surface area contributed by atoms with Crippen LogP contribution >= 0.6 is 32.3 Å². The van der Waals surface area contributed by atoms with Crippen LogP contribution in [0.5, 0.6) is 0 Å². The Morgan fingerprint density at radius 1 is 1.15 bits per heavy atom. The zero-order valence-electron chi connectivity index (χ0n) is 11.3. The van der Waals surface area contributed by atoms with Gasteiger partial charge in [0, 0.05) is 12.7 Å². The fraction of sp³-hybridized carbons (Fsp3) is 0.400. The third kappa shape index (κ3) is 2.65. The molecular formula is C15H16ClNOS2. The standard InChI is InChI=1S/C15H16ClNOS2/c1-17(14-13(16)15(18)20-19-14)12-8-6-11(7-9-12)10-4-2-3-5-10/h6-10H,2-5H2,1H3. The predicted octanol–water partition coefficient (Wildman–Crippen LogP) is 5.25. The van der Waals surface area contributed by atoms with Gasteiger partial charge in [-0.1, -0.05) is 46.9 Å². The molecule has 0 atom stereocenters. The van der Waals surface area contributed by atoms with E-state index in [1.807, 2.05) is 11.9 Å². The first kappa shape index (κ1) is 14.1. The van der Waals surface area contributed by atoms with Gasteiger partial charge in [0.25, 0.3) is 4.74 Å². The van der Waals surface area contributed by atoms with E-state index in [1.165, 1.54) is 51.9 Å². The fourth-order valence-corrected chi connectivity index (χ4v) is 5.49. The van der Waals surface area contributed by atoms with Crippen molar-refractivity contribution in [2.45, 2.75) is 31.6 Å². The molecule has 2 nitrogen and oxygen atoms in total. The average molecular weight is 326 g/mol. The van der Waals surface area contributed by atoms with Crippen LogP contribution in [0.1, 0.15) is 37.2 Å². The molecule has 1 aromatic heterocycles. The van der Waals surface area contributed by atoms with Gasteiger partial charge in [-0.3, -0.25) is 4.79 Å². The summed E-state index contributed by atoms with van der Waals surface area (Å²) >= 11 is 6.06. The highest BCUT2D eigenvalue weighted by atomic mass is 35.5. The third-order valence-corrected chi connectivity index (χ3v) is 6.80. The second-order valence-corrected chi connectivity index (χ2v) is 7.67. The molecule has 0 bridgehead atoms. The summed E-state index contributed by atoms with van der Waals surface area (Å²) in [7, 11) is 4.57. The Hall–Kier alpha value is -0.840. The van der Waals surface area contributed by atoms with E-state index >= 15 is 0 Å². The average Bonchev–Trinajstić information content (AvgIpc) is 3.10. The summed E-state index contributed by atoms with van der Waals surface area (Å²) < 4.78 is -0.0545. The number of hydrogen-bond donors (Lipinski definition) is 0. The Balaban J connectivity index is 1.83. The zero-order chi connectivity index (χ0) is 14.1. The van der Waals surface area contributed by atoms with Crippen LogP contribution in [0.2, 0.25) is 5.02 Å². The second kappa shape index (κ2) is 5.88. The lowest BCUT2D eigenvalue weighted by molar-refractivity contribution is 0.723. The third-order valence-electron chi connectivity index (χ3n) is 3.97. The number of anilines is 2. The molecule has 1 aromatic carbocycles. The summed E-state index contributed by atoms with van der Waals surface area (Å²) in [5, 5.41) is 1.16. The molecule has 0 spiro atoms. The zero-order valence-corrected chi connectivity index (χ0v) is 13.7. The number of halogens is 1. The summed E-state index contributed by atoms with van der Waals surface area (Å²) in [6.07, 6.45) is 5.33. The highest BCUT2D eigenvalue weighted by Gasteiger charge is 2.18. The molecule has 0 N–H and O–H groups in total. The van der Waals surface area contributed by atoms with Crippen LogP contribution in [0.4, 0.5) is 10.7 Å². The molecule has 2 aromatic rings. The molecular weight excluding hydrogens is 310 g/mol. The van der Waals surface area contributed by atoms with Crippen LogP contribution in [-0.2, 0) is 0 Å². The van der Waals surface area contributed by atoms with Crippen molar-refractivity contribution >= 4 is 43.0 Å². The molecule has 1 heterocycles. The number of rotatable bonds is 3. The van der Waals surface area contributed by atoms with Gasteiger partial charge >= 0.3 is 0 Å². The van der Waals surface area contributed by atoms with E-state index in [0.717, 1.165) is 16.6 Å². The van der Waals surface area contributed by atoms with E-state index in [4.69, 9.17) is 11.6 Å². The van der Waals surface area contributed by atoms with Crippen LogP contribution < -0.4 is 9.64 Å². The number of benzene rings is 1. The minimum absolute atomic E-state index is 0.0545. The Morgan fingerprint density at radius 2 is 1.80 bits per heavy atom. The van der Waals surface area contributed by atoms with Crippen molar-refractivity contribution in [3.63, 3.8) is 0 Å². The molecule has 0 amide bonds. The van der Waals surface area contributed by atoms with E-state index in [-0.39, 0.29) is 4.74 Å². The highest BCUT2D eigenvalue weighted by molar-refractivity contribution is 7.70. The summed E-state index contributed by atoms with van der Waals surface area (Å²) in [4.78, 5) is 13.5. The van der Waals surface area contributed by atoms with Gasteiger partial charge in [-0.05, 0) is 46.8 Å². The van der Waals surface area contributed by atoms with Crippen molar-refractivity contribution in [2.75, 3.05) is 11.9 Å². The van der Waals surface area contributed by atoms with E-state index in [2.05, 4.69) is 24.3 Å². The van der Waals surface area contributed by atoms with Gasteiger partial charge in [0.2, 0.25) is 0 Å². The first-order valence-corrected chi connectivity index (χ1v) is 9.32. The van der Waals surface area contributed by atoms with Gasteiger partial charge in [0.05, 0.1) is 0 Å². The van der Waals surface area contributed by atoms with Crippen LogP contribution in [0, 0.1) is 0 Å². The van der Waals surface area contributed by atoms with Gasteiger partial charge in [0.1, 0.15) is 10.0 Å². The first-order valence-electron chi connectivity index (χ1n) is 6.79. The molecule has 5 heteroatoms. The van der Waals surface area contributed by atoms with E-state index in [0.29, 0.717) is 5.02 Å². The predicted molar refractivity (Wildman–Crippen MR) is 89.2 cm³/mol. The van der Waals surface area contributed by atoms with Gasteiger partial charge < -0.3 is 4.90 Å². The topological polar surface area (TPSA) is 20.3 Å². The van der Waals surface area contributed by atoms with Crippen LogP contribution in [0.3, 0.4) is 0 Å². The summed E-state index contributed by atoms with van der Waals surface area (Å²) in [6, 6.07) is 8.67. The SMILES string of the molecule is CN(c1ccc(C2CCCC2)cc1)c1ssc(=O)c1Cl. The number of hydrogen-bond acceptors (Lipinski definition) is 4. The molecule has 0 aliphatic heterocycles. The normalized spacial score (nSPS) is 15.7. The lowest BCUT2D eigenvalue weighted by Gasteiger charge is -2.18. The van der Waals surface area contributed by atoms with Crippen molar-refractivity contribution in [2.24, 2.45) is 0 Å². The largest absolute Gasteiger partial charge is 0.334 e. The smallest absolute Gasteiger partial charge is 0.263 e. The molecule has 0 unspecified atom stereocenters. The first-order chi connectivity index (χ1) is 9.66. The molecule has 1 fully saturated rings. The van der Waals surface area contributed by atoms with Crippen molar-refractivity contribution in [3.05, 3.63) is 44.4 Å². The highest BCUT2D eigenvalue weighted by Crippen LogP contribution is 2.37. The Kier molecular flexibility index (Phi) is 4.15. The van der Waals surface area contributed by atoms with Crippen molar-refractivity contribution < 1.29 is 0 Å². The van der Waals surface area contributed by atoms with Crippen LogP contribution in [0.25, 0.3) is 0 Å². The molecule has 1 aliphatic carbocycles. The molecule has 1 saturated carbocycles. The fourth-order valence-electron chi connectivity index (χ4n) is 2.79. The minimum Gasteiger partial charge on any atom is -0.334 e. The van der Waals surface area contributed by atoms with Gasteiger partial charge in [-0.2, -0.15) is 0 Å². The van der Waals surface area contributed by atoms with Gasteiger partial charge in [-0.15, -0.1) is 0 Å².